The van der Waals surface area contributed by atoms with E-state index in [1.165, 1.54) is 0 Å². The smallest absolute Gasteiger partial charge is 0.339 e. The summed E-state index contributed by atoms with van der Waals surface area (Å²) in [6, 6.07) is 14.5. The second-order valence-corrected chi connectivity index (χ2v) is 5.26. The molecule has 2 aromatic rings. The van der Waals surface area contributed by atoms with E-state index in [1.807, 2.05) is 36.4 Å². The van der Waals surface area contributed by atoms with E-state index in [2.05, 4.69) is 5.32 Å². The van der Waals surface area contributed by atoms with Crippen LogP contribution in [0.3, 0.4) is 0 Å². The van der Waals surface area contributed by atoms with Gasteiger partial charge in [-0.25, -0.2) is 4.79 Å². The average Bonchev–Trinajstić information content (AvgIpc) is 2.62. The Morgan fingerprint density at radius 2 is 1.54 bits per heavy atom. The number of benzene rings is 2. The van der Waals surface area contributed by atoms with Gasteiger partial charge in [0, 0.05) is 12.1 Å². The monoisotopic (exact) mass is 327 g/mol. The molecule has 0 radical (unpaired) electrons. The molecular formula is C19H21NO4. The minimum Gasteiger partial charge on any atom is -0.464 e. The highest BCUT2D eigenvalue weighted by Gasteiger charge is 2.18. The molecule has 126 valence electrons. The lowest BCUT2D eigenvalue weighted by Gasteiger charge is -2.11. The van der Waals surface area contributed by atoms with Crippen LogP contribution >= 0.6 is 0 Å². The Morgan fingerprint density at radius 1 is 1.00 bits per heavy atom. The second-order valence-electron chi connectivity index (χ2n) is 5.26. The molecule has 0 aliphatic rings. The van der Waals surface area contributed by atoms with E-state index in [9.17, 15) is 14.7 Å². The van der Waals surface area contributed by atoms with Crippen LogP contribution < -0.4 is 5.32 Å². The van der Waals surface area contributed by atoms with Crippen molar-refractivity contribution in [1.29, 1.82) is 0 Å². The van der Waals surface area contributed by atoms with Crippen molar-refractivity contribution in [2.75, 3.05) is 11.9 Å². The summed E-state index contributed by atoms with van der Waals surface area (Å²) in [5.41, 5.74) is 3.16. The average molecular weight is 327 g/mol. The molecule has 0 aliphatic heterocycles. The second kappa shape index (κ2) is 8.26. The Hall–Kier alpha value is -2.66. The molecule has 2 aromatic carbocycles. The van der Waals surface area contributed by atoms with Crippen molar-refractivity contribution in [1.82, 2.24) is 0 Å². The highest BCUT2D eigenvalue weighted by atomic mass is 16.5. The predicted molar refractivity (Wildman–Crippen MR) is 92.4 cm³/mol. The van der Waals surface area contributed by atoms with E-state index in [4.69, 9.17) is 4.74 Å². The number of hydrogen-bond donors (Lipinski definition) is 2. The van der Waals surface area contributed by atoms with Crippen LogP contribution in [0.5, 0.6) is 0 Å². The summed E-state index contributed by atoms with van der Waals surface area (Å²) in [6.45, 7) is 3.73. The molecule has 0 saturated carbocycles. The van der Waals surface area contributed by atoms with Crippen LogP contribution in [0.25, 0.3) is 11.1 Å². The standard InChI is InChI=1S/C19H21NO4/c1-3-17(21)20-16-11-9-14(10-12-16)13-5-7-15(8-6-13)18(22)19(23)24-4-2/h5-12,18,22H,3-4H2,1-2H3,(H,20,21). The first-order chi connectivity index (χ1) is 11.5. The molecule has 0 aromatic heterocycles. The number of amides is 1. The van der Waals surface area contributed by atoms with Gasteiger partial charge in [0.05, 0.1) is 6.61 Å². The molecule has 1 atom stereocenters. The Kier molecular flexibility index (Phi) is 6.09. The molecule has 0 bridgehead atoms. The maximum absolute atomic E-state index is 11.5. The van der Waals surface area contributed by atoms with E-state index in [1.54, 1.807) is 26.0 Å². The fourth-order valence-corrected chi connectivity index (χ4v) is 2.21. The van der Waals surface area contributed by atoms with Crippen molar-refractivity contribution in [2.24, 2.45) is 0 Å². The first-order valence-electron chi connectivity index (χ1n) is 7.90. The van der Waals surface area contributed by atoms with E-state index in [0.717, 1.165) is 16.8 Å². The van der Waals surface area contributed by atoms with Gasteiger partial charge in [-0.1, -0.05) is 43.3 Å². The van der Waals surface area contributed by atoms with Gasteiger partial charge >= 0.3 is 5.97 Å². The predicted octanol–water partition coefficient (Wildman–Crippen LogP) is 3.30. The molecule has 0 heterocycles. The number of nitrogens with one attached hydrogen (secondary N) is 1. The third kappa shape index (κ3) is 4.43. The number of aliphatic hydroxyl groups excluding tert-OH is 1. The molecule has 0 fully saturated rings. The van der Waals surface area contributed by atoms with E-state index >= 15 is 0 Å². The zero-order valence-electron chi connectivity index (χ0n) is 13.8. The van der Waals surface area contributed by atoms with Gasteiger partial charge in [-0.2, -0.15) is 0 Å². The number of carbonyl (C=O) groups is 2. The van der Waals surface area contributed by atoms with Crippen LogP contribution in [-0.2, 0) is 14.3 Å². The number of rotatable bonds is 6. The molecule has 0 spiro atoms. The first-order valence-corrected chi connectivity index (χ1v) is 7.90. The van der Waals surface area contributed by atoms with Crippen LogP contribution in [0, 0.1) is 0 Å². The van der Waals surface area contributed by atoms with Gasteiger partial charge in [0.1, 0.15) is 0 Å². The molecule has 24 heavy (non-hydrogen) atoms. The molecule has 2 N–H and O–H groups in total. The summed E-state index contributed by atoms with van der Waals surface area (Å²) in [7, 11) is 0. The maximum atomic E-state index is 11.5. The summed E-state index contributed by atoms with van der Waals surface area (Å²) < 4.78 is 4.80. The van der Waals surface area contributed by atoms with Gasteiger partial charge in [-0.3, -0.25) is 4.79 Å². The molecule has 1 unspecified atom stereocenters. The van der Waals surface area contributed by atoms with Crippen molar-refractivity contribution in [3.05, 3.63) is 54.1 Å². The summed E-state index contributed by atoms with van der Waals surface area (Å²) in [5.74, 6) is -0.679. The van der Waals surface area contributed by atoms with Crippen molar-refractivity contribution in [3.8, 4) is 11.1 Å². The lowest BCUT2D eigenvalue weighted by Crippen LogP contribution is -2.15. The lowest BCUT2D eigenvalue weighted by atomic mass is 10.0. The van der Waals surface area contributed by atoms with Crippen LogP contribution in [-0.4, -0.2) is 23.6 Å². The Bertz CT molecular complexity index is 692. The van der Waals surface area contributed by atoms with Gasteiger partial charge in [0.15, 0.2) is 6.10 Å². The summed E-state index contributed by atoms with van der Waals surface area (Å²) in [5, 5.41) is 12.7. The fraction of sp³-hybridized carbons (Fsp3) is 0.263. The number of anilines is 1. The normalized spacial score (nSPS) is 11.6. The van der Waals surface area contributed by atoms with Gasteiger partial charge in [0.2, 0.25) is 5.91 Å². The summed E-state index contributed by atoms with van der Waals surface area (Å²) in [6.07, 6.45) is -0.836. The Balaban J connectivity index is 2.10. The lowest BCUT2D eigenvalue weighted by molar-refractivity contribution is -0.153. The maximum Gasteiger partial charge on any atom is 0.339 e. The van der Waals surface area contributed by atoms with Crippen molar-refractivity contribution >= 4 is 17.6 Å². The number of hydrogen-bond acceptors (Lipinski definition) is 4. The Labute approximate surface area is 141 Å². The van der Waals surface area contributed by atoms with Crippen molar-refractivity contribution in [3.63, 3.8) is 0 Å². The molecule has 1 amide bonds. The SMILES string of the molecule is CCOC(=O)C(O)c1ccc(-c2ccc(NC(=O)CC)cc2)cc1. The van der Waals surface area contributed by atoms with Crippen molar-refractivity contribution < 1.29 is 19.4 Å². The third-order valence-corrected chi connectivity index (χ3v) is 3.56. The minimum absolute atomic E-state index is 0.0277. The third-order valence-electron chi connectivity index (χ3n) is 3.56. The molecule has 0 aliphatic carbocycles. The molecule has 5 heteroatoms. The van der Waals surface area contributed by atoms with Gasteiger partial charge in [0.25, 0.3) is 0 Å². The number of aliphatic hydroxyl groups is 1. The quantitative estimate of drug-likeness (QED) is 0.798. The van der Waals surface area contributed by atoms with E-state index in [-0.39, 0.29) is 12.5 Å². The molecule has 2 rings (SSSR count). The highest BCUT2D eigenvalue weighted by molar-refractivity contribution is 5.90. The molecular weight excluding hydrogens is 306 g/mol. The summed E-state index contributed by atoms with van der Waals surface area (Å²) >= 11 is 0. The highest BCUT2D eigenvalue weighted by Crippen LogP contribution is 2.24. The fourth-order valence-electron chi connectivity index (χ4n) is 2.21. The topological polar surface area (TPSA) is 75.6 Å². The van der Waals surface area contributed by atoms with Crippen LogP contribution in [0.4, 0.5) is 5.69 Å². The Morgan fingerprint density at radius 3 is 2.04 bits per heavy atom. The summed E-state index contributed by atoms with van der Waals surface area (Å²) in [4.78, 5) is 22.9. The van der Waals surface area contributed by atoms with E-state index < -0.39 is 12.1 Å². The first kappa shape index (κ1) is 17.7. The molecule has 5 nitrogen and oxygen atoms in total. The largest absolute Gasteiger partial charge is 0.464 e. The van der Waals surface area contributed by atoms with E-state index in [0.29, 0.717) is 12.0 Å². The van der Waals surface area contributed by atoms with Gasteiger partial charge in [-0.15, -0.1) is 0 Å². The number of ether oxygens (including phenoxy) is 1. The zero-order valence-corrected chi connectivity index (χ0v) is 13.8. The number of esters is 1. The van der Waals surface area contributed by atoms with Crippen LogP contribution in [0.1, 0.15) is 31.9 Å². The van der Waals surface area contributed by atoms with Crippen LogP contribution in [0.15, 0.2) is 48.5 Å². The number of carbonyl (C=O) groups excluding carboxylic acids is 2. The van der Waals surface area contributed by atoms with Crippen LogP contribution in [0.2, 0.25) is 0 Å². The molecule has 0 saturated heterocycles. The van der Waals surface area contributed by atoms with Crippen molar-refractivity contribution in [2.45, 2.75) is 26.4 Å². The van der Waals surface area contributed by atoms with Gasteiger partial charge in [-0.05, 0) is 35.7 Å². The van der Waals surface area contributed by atoms with Gasteiger partial charge < -0.3 is 15.2 Å². The minimum atomic E-state index is -1.27. The zero-order chi connectivity index (χ0) is 17.5.